The van der Waals surface area contributed by atoms with Gasteiger partial charge in [-0.1, -0.05) is 0 Å². The molecule has 0 atom stereocenters. The minimum Gasteiger partial charge on any atom is -0.493 e. The molecule has 0 aliphatic carbocycles. The molecular formula is C10H17N3O2. The van der Waals surface area contributed by atoms with Crippen molar-refractivity contribution in [1.82, 2.24) is 9.78 Å². The number of hydrogen-bond acceptors (Lipinski definition) is 4. The number of Topliss-reactive ketones (excluding diaryl/α,β-unsaturated/α-hetero) is 1. The molecule has 15 heavy (non-hydrogen) atoms. The van der Waals surface area contributed by atoms with Crippen LogP contribution in [0.1, 0.15) is 31.3 Å². The lowest BCUT2D eigenvalue weighted by molar-refractivity contribution is 0.0899. The number of aryl methyl sites for hydroxylation is 1. The van der Waals surface area contributed by atoms with Crippen LogP contribution in [-0.4, -0.2) is 28.2 Å². The smallest absolute Gasteiger partial charge is 0.203 e. The minimum atomic E-state index is -0.916. The van der Waals surface area contributed by atoms with Crippen molar-refractivity contribution in [3.63, 3.8) is 0 Å². The van der Waals surface area contributed by atoms with E-state index < -0.39 is 5.54 Å². The van der Waals surface area contributed by atoms with Gasteiger partial charge in [0.2, 0.25) is 5.78 Å². The lowest BCUT2D eigenvalue weighted by Gasteiger charge is -2.17. The summed E-state index contributed by atoms with van der Waals surface area (Å²) in [6, 6.07) is 0. The molecule has 0 aromatic carbocycles. The zero-order valence-corrected chi connectivity index (χ0v) is 9.57. The highest BCUT2D eigenvalue weighted by molar-refractivity contribution is 6.03. The number of hydrogen-bond donors (Lipinski definition) is 1. The SMILES string of the molecule is CCn1ncc(OC)c1C(=O)C(C)(C)N. The van der Waals surface area contributed by atoms with Crippen molar-refractivity contribution < 1.29 is 9.53 Å². The summed E-state index contributed by atoms with van der Waals surface area (Å²) in [5, 5.41) is 4.06. The molecule has 0 spiro atoms. The average molecular weight is 211 g/mol. The van der Waals surface area contributed by atoms with E-state index in [0.717, 1.165) is 0 Å². The van der Waals surface area contributed by atoms with E-state index in [1.54, 1.807) is 18.5 Å². The second kappa shape index (κ2) is 4.02. The second-order valence-corrected chi connectivity index (χ2v) is 3.93. The van der Waals surface area contributed by atoms with E-state index >= 15 is 0 Å². The third-order valence-electron chi connectivity index (χ3n) is 2.13. The summed E-state index contributed by atoms with van der Waals surface area (Å²) in [6.07, 6.45) is 1.53. The molecule has 5 heteroatoms. The fourth-order valence-electron chi connectivity index (χ4n) is 1.29. The maximum atomic E-state index is 12.0. The van der Waals surface area contributed by atoms with Crippen LogP contribution in [0.3, 0.4) is 0 Å². The molecule has 5 nitrogen and oxygen atoms in total. The van der Waals surface area contributed by atoms with E-state index in [2.05, 4.69) is 5.10 Å². The molecule has 1 heterocycles. The number of ketones is 1. The number of methoxy groups -OCH3 is 1. The number of nitrogens with two attached hydrogens (primary N) is 1. The molecule has 1 aromatic rings. The van der Waals surface area contributed by atoms with Gasteiger partial charge in [0.15, 0.2) is 5.75 Å². The van der Waals surface area contributed by atoms with E-state index in [1.807, 2.05) is 6.92 Å². The highest BCUT2D eigenvalue weighted by Gasteiger charge is 2.29. The summed E-state index contributed by atoms with van der Waals surface area (Å²) in [6.45, 7) is 5.86. The second-order valence-electron chi connectivity index (χ2n) is 3.93. The first-order valence-electron chi connectivity index (χ1n) is 4.85. The van der Waals surface area contributed by atoms with Crippen molar-refractivity contribution in [2.45, 2.75) is 32.9 Å². The highest BCUT2D eigenvalue weighted by atomic mass is 16.5. The molecule has 2 N–H and O–H groups in total. The Hall–Kier alpha value is -1.36. The first-order chi connectivity index (χ1) is 6.91. The van der Waals surface area contributed by atoms with E-state index in [0.29, 0.717) is 18.0 Å². The van der Waals surface area contributed by atoms with Gasteiger partial charge in [0.1, 0.15) is 5.69 Å². The Morgan fingerprint density at radius 1 is 1.67 bits per heavy atom. The molecule has 1 aromatic heterocycles. The predicted octanol–water partition coefficient (Wildman–Crippen LogP) is 0.832. The van der Waals surface area contributed by atoms with Gasteiger partial charge in [0.25, 0.3) is 0 Å². The Bertz CT molecular complexity index is 342. The van der Waals surface area contributed by atoms with Crippen LogP contribution in [0.5, 0.6) is 5.75 Å². The maximum absolute atomic E-state index is 12.0. The minimum absolute atomic E-state index is 0.168. The van der Waals surface area contributed by atoms with Gasteiger partial charge in [-0.25, -0.2) is 0 Å². The number of nitrogens with zero attached hydrogens (tertiary/aromatic N) is 2. The maximum Gasteiger partial charge on any atom is 0.203 e. The third-order valence-corrected chi connectivity index (χ3v) is 2.13. The largest absolute Gasteiger partial charge is 0.493 e. The van der Waals surface area contributed by atoms with Gasteiger partial charge in [0.05, 0.1) is 18.8 Å². The van der Waals surface area contributed by atoms with Gasteiger partial charge in [-0.15, -0.1) is 0 Å². The van der Waals surface area contributed by atoms with Crippen LogP contribution in [0.4, 0.5) is 0 Å². The van der Waals surface area contributed by atoms with Crippen LogP contribution in [0.25, 0.3) is 0 Å². The van der Waals surface area contributed by atoms with Crippen LogP contribution in [0.2, 0.25) is 0 Å². The molecule has 0 unspecified atom stereocenters. The molecule has 0 bridgehead atoms. The molecule has 1 rings (SSSR count). The van der Waals surface area contributed by atoms with Crippen molar-refractivity contribution in [3.8, 4) is 5.75 Å². The third kappa shape index (κ3) is 2.18. The molecule has 0 saturated heterocycles. The zero-order chi connectivity index (χ0) is 11.6. The average Bonchev–Trinajstić information content (AvgIpc) is 2.57. The first-order valence-corrected chi connectivity index (χ1v) is 4.85. The standard InChI is InChI=1S/C10H17N3O2/c1-5-13-8(7(15-4)6-12-13)9(14)10(2,3)11/h6H,5,11H2,1-4H3. The lowest BCUT2D eigenvalue weighted by atomic mass is 9.98. The van der Waals surface area contributed by atoms with Gasteiger partial charge in [-0.3, -0.25) is 9.48 Å². The first kappa shape index (κ1) is 11.7. The van der Waals surface area contributed by atoms with Gasteiger partial charge in [0, 0.05) is 6.54 Å². The Balaban J connectivity index is 3.22. The fraction of sp³-hybridized carbons (Fsp3) is 0.600. The number of carbonyl (C=O) groups is 1. The van der Waals surface area contributed by atoms with Crippen molar-refractivity contribution in [2.75, 3.05) is 7.11 Å². The Labute approximate surface area is 89.2 Å². The Kier molecular flexibility index (Phi) is 3.14. The van der Waals surface area contributed by atoms with Crippen molar-refractivity contribution in [2.24, 2.45) is 5.73 Å². The molecule has 0 amide bonds. The monoisotopic (exact) mass is 211 g/mol. The van der Waals surface area contributed by atoms with Crippen molar-refractivity contribution in [1.29, 1.82) is 0 Å². The van der Waals surface area contributed by atoms with Crippen LogP contribution < -0.4 is 10.5 Å². The number of rotatable bonds is 4. The zero-order valence-electron chi connectivity index (χ0n) is 9.57. The van der Waals surface area contributed by atoms with E-state index in [4.69, 9.17) is 10.5 Å². The van der Waals surface area contributed by atoms with Gasteiger partial charge in [-0.2, -0.15) is 5.10 Å². The summed E-state index contributed by atoms with van der Waals surface area (Å²) in [7, 11) is 1.51. The summed E-state index contributed by atoms with van der Waals surface area (Å²) in [5.41, 5.74) is 5.29. The molecule has 0 aliphatic heterocycles. The van der Waals surface area contributed by atoms with E-state index in [9.17, 15) is 4.79 Å². The number of aromatic nitrogens is 2. The van der Waals surface area contributed by atoms with Crippen LogP contribution in [0.15, 0.2) is 6.20 Å². The Morgan fingerprint density at radius 3 is 2.67 bits per heavy atom. The van der Waals surface area contributed by atoms with Crippen LogP contribution in [-0.2, 0) is 6.54 Å². The lowest BCUT2D eigenvalue weighted by Crippen LogP contribution is -2.42. The predicted molar refractivity (Wildman–Crippen MR) is 57.0 cm³/mol. The molecule has 0 aliphatic rings. The van der Waals surface area contributed by atoms with Gasteiger partial charge >= 0.3 is 0 Å². The summed E-state index contributed by atoms with van der Waals surface area (Å²) in [5.74, 6) is 0.305. The number of ether oxygens (including phenoxy) is 1. The van der Waals surface area contributed by atoms with Crippen LogP contribution in [0, 0.1) is 0 Å². The fourth-order valence-corrected chi connectivity index (χ4v) is 1.29. The summed E-state index contributed by atoms with van der Waals surface area (Å²) in [4.78, 5) is 12.0. The highest BCUT2D eigenvalue weighted by Crippen LogP contribution is 2.21. The van der Waals surface area contributed by atoms with Crippen molar-refractivity contribution in [3.05, 3.63) is 11.9 Å². The van der Waals surface area contributed by atoms with Gasteiger partial charge in [-0.05, 0) is 20.8 Å². The number of carbonyl (C=O) groups excluding carboxylic acids is 1. The van der Waals surface area contributed by atoms with Crippen LogP contribution >= 0.6 is 0 Å². The van der Waals surface area contributed by atoms with E-state index in [-0.39, 0.29) is 5.78 Å². The van der Waals surface area contributed by atoms with Gasteiger partial charge < -0.3 is 10.5 Å². The molecule has 0 radical (unpaired) electrons. The summed E-state index contributed by atoms with van der Waals surface area (Å²) >= 11 is 0. The quantitative estimate of drug-likeness (QED) is 0.749. The van der Waals surface area contributed by atoms with Crippen molar-refractivity contribution >= 4 is 5.78 Å². The topological polar surface area (TPSA) is 70.1 Å². The normalized spacial score (nSPS) is 11.5. The molecule has 84 valence electrons. The molecule has 0 saturated carbocycles. The Morgan fingerprint density at radius 2 is 2.27 bits per heavy atom. The molecule has 0 fully saturated rings. The summed E-state index contributed by atoms with van der Waals surface area (Å²) < 4.78 is 6.68. The van der Waals surface area contributed by atoms with E-state index in [1.165, 1.54) is 13.3 Å². The molecular weight excluding hydrogens is 194 g/mol.